The molecular weight excluding hydrogens is 470 g/mol. The molecule has 4 atom stereocenters. The van der Waals surface area contributed by atoms with Crippen LogP contribution in [0.25, 0.3) is 0 Å². The minimum absolute atomic E-state index is 0.129. The van der Waals surface area contributed by atoms with E-state index in [0.29, 0.717) is 11.1 Å². The zero-order valence-electron chi connectivity index (χ0n) is 19.0. The van der Waals surface area contributed by atoms with Crippen LogP contribution in [0, 0.1) is 5.41 Å². The lowest BCUT2D eigenvalue weighted by molar-refractivity contribution is -0.161. The molecule has 4 rings (SSSR count). The number of β-lactam (4-membered cyclic amide) rings is 1. The van der Waals surface area contributed by atoms with Crippen LogP contribution in [0.3, 0.4) is 0 Å². The van der Waals surface area contributed by atoms with E-state index in [4.69, 9.17) is 11.1 Å². The van der Waals surface area contributed by atoms with Crippen molar-refractivity contribution in [2.45, 2.75) is 42.1 Å². The Labute approximate surface area is 205 Å². The summed E-state index contributed by atoms with van der Waals surface area (Å²) in [5, 5.41) is 22.0. The minimum Gasteiger partial charge on any atom is -0.480 e. The van der Waals surface area contributed by atoms with Crippen LogP contribution in [0.2, 0.25) is 0 Å². The highest BCUT2D eigenvalue weighted by Crippen LogP contribution is 2.50. The van der Waals surface area contributed by atoms with E-state index in [1.54, 1.807) is 44.2 Å². The van der Waals surface area contributed by atoms with Gasteiger partial charge >= 0.3 is 5.97 Å². The zero-order valence-corrected chi connectivity index (χ0v) is 19.8. The molecule has 2 aliphatic heterocycles. The van der Waals surface area contributed by atoms with Crippen molar-refractivity contribution in [2.75, 3.05) is 0 Å². The van der Waals surface area contributed by atoms with Gasteiger partial charge in [0.15, 0.2) is 0 Å². The number of aliphatic carboxylic acids is 1. The Bertz CT molecular complexity index is 1200. The average molecular weight is 496 g/mol. The first-order chi connectivity index (χ1) is 16.5. The van der Waals surface area contributed by atoms with Crippen molar-refractivity contribution in [2.24, 2.45) is 5.73 Å². The summed E-state index contributed by atoms with van der Waals surface area (Å²) in [7, 11) is 0. The van der Waals surface area contributed by atoms with E-state index < -0.39 is 51.9 Å². The van der Waals surface area contributed by atoms with Crippen LogP contribution in [0.1, 0.15) is 41.4 Å². The first kappa shape index (κ1) is 24.3. The Balaban J connectivity index is 1.53. The third kappa shape index (κ3) is 4.46. The Morgan fingerprint density at radius 1 is 1.09 bits per heavy atom. The zero-order chi connectivity index (χ0) is 25.5. The highest BCUT2D eigenvalue weighted by Gasteiger charge is 2.64. The topological polar surface area (TPSA) is 166 Å². The summed E-state index contributed by atoms with van der Waals surface area (Å²) >= 11 is 1.32. The minimum atomic E-state index is -1.09. The maximum atomic E-state index is 13.3. The number of nitrogens with zero attached hydrogens (tertiary/aromatic N) is 1. The van der Waals surface area contributed by atoms with Gasteiger partial charge in [-0.25, -0.2) is 4.79 Å². The predicted molar refractivity (Wildman–Crippen MR) is 130 cm³/mol. The molecule has 2 heterocycles. The van der Waals surface area contributed by atoms with Crippen LogP contribution in [0.5, 0.6) is 0 Å². The van der Waals surface area contributed by atoms with Gasteiger partial charge < -0.3 is 26.4 Å². The van der Waals surface area contributed by atoms with Crippen molar-refractivity contribution in [3.63, 3.8) is 0 Å². The van der Waals surface area contributed by atoms with Crippen LogP contribution in [0.15, 0.2) is 54.6 Å². The van der Waals surface area contributed by atoms with Crippen molar-refractivity contribution in [1.29, 1.82) is 5.41 Å². The van der Waals surface area contributed by atoms with Crippen LogP contribution in [0.4, 0.5) is 0 Å². The van der Waals surface area contributed by atoms with Gasteiger partial charge in [-0.2, -0.15) is 0 Å². The first-order valence-electron chi connectivity index (χ1n) is 10.8. The number of rotatable bonds is 7. The highest BCUT2D eigenvalue weighted by atomic mass is 32.2. The van der Waals surface area contributed by atoms with Crippen molar-refractivity contribution in [3.05, 3.63) is 71.3 Å². The Morgan fingerprint density at radius 2 is 1.69 bits per heavy atom. The molecule has 0 saturated carbocycles. The van der Waals surface area contributed by atoms with Gasteiger partial charge in [0.1, 0.15) is 29.3 Å². The highest BCUT2D eigenvalue weighted by molar-refractivity contribution is 8.01. The molecule has 0 aromatic heterocycles. The van der Waals surface area contributed by atoms with E-state index in [-0.39, 0.29) is 11.4 Å². The summed E-state index contributed by atoms with van der Waals surface area (Å²) < 4.78 is -0.718. The molecular formula is C24H25N5O5S. The lowest BCUT2D eigenvalue weighted by Crippen LogP contribution is -2.71. The average Bonchev–Trinajstić information content (AvgIpc) is 3.09. The van der Waals surface area contributed by atoms with Crippen molar-refractivity contribution in [1.82, 2.24) is 15.5 Å². The number of carbonyl (C=O) groups is 4. The summed E-state index contributed by atoms with van der Waals surface area (Å²) in [4.78, 5) is 52.0. The largest absolute Gasteiger partial charge is 0.480 e. The number of carboxylic acid groups (broad SMARTS) is 1. The van der Waals surface area contributed by atoms with Crippen molar-refractivity contribution >= 4 is 41.3 Å². The van der Waals surface area contributed by atoms with Crippen LogP contribution in [-0.4, -0.2) is 61.7 Å². The van der Waals surface area contributed by atoms with Gasteiger partial charge in [-0.1, -0.05) is 42.5 Å². The van der Waals surface area contributed by atoms with Crippen LogP contribution < -0.4 is 16.4 Å². The SMILES string of the molecule is CC1(C)S[C@@H]2[C@H](NC(=O)C(NC(=O)c3ccc(C(=N)N)cc3)c3ccccc3)C(=O)N2[C@H]1C(=O)O. The molecule has 0 aliphatic carbocycles. The number of nitrogens with one attached hydrogen (secondary N) is 3. The second-order valence-corrected chi connectivity index (χ2v) is 10.7. The number of amides is 3. The van der Waals surface area contributed by atoms with E-state index in [1.165, 1.54) is 40.9 Å². The second kappa shape index (κ2) is 9.06. The number of benzene rings is 2. The quantitative estimate of drug-likeness (QED) is 0.218. The van der Waals surface area contributed by atoms with Gasteiger partial charge in [0, 0.05) is 15.9 Å². The third-order valence-electron chi connectivity index (χ3n) is 6.10. The summed E-state index contributed by atoms with van der Waals surface area (Å²) in [6.45, 7) is 3.51. The van der Waals surface area contributed by atoms with E-state index >= 15 is 0 Å². The summed E-state index contributed by atoms with van der Waals surface area (Å²) in [6.07, 6.45) is 0. The molecule has 1 unspecified atom stereocenters. The van der Waals surface area contributed by atoms with E-state index in [9.17, 15) is 24.3 Å². The molecule has 35 heavy (non-hydrogen) atoms. The molecule has 3 amide bonds. The number of carboxylic acids is 1. The summed E-state index contributed by atoms with van der Waals surface area (Å²) in [6, 6.07) is 11.7. The fraction of sp³-hybridized carbons (Fsp3) is 0.292. The Kier molecular flexibility index (Phi) is 6.28. The number of amidine groups is 1. The molecule has 0 spiro atoms. The molecule has 2 aromatic carbocycles. The number of carbonyl (C=O) groups excluding carboxylic acids is 3. The van der Waals surface area contributed by atoms with E-state index in [0.717, 1.165) is 0 Å². The number of hydrogen-bond donors (Lipinski definition) is 5. The third-order valence-corrected chi connectivity index (χ3v) is 7.67. The lowest BCUT2D eigenvalue weighted by atomic mass is 9.95. The van der Waals surface area contributed by atoms with E-state index in [2.05, 4.69) is 10.6 Å². The molecule has 182 valence electrons. The van der Waals surface area contributed by atoms with Gasteiger partial charge in [0.2, 0.25) is 11.8 Å². The molecule has 6 N–H and O–H groups in total. The maximum Gasteiger partial charge on any atom is 0.327 e. The predicted octanol–water partition coefficient (Wildman–Crippen LogP) is 1.07. The fourth-order valence-corrected chi connectivity index (χ4v) is 5.97. The lowest BCUT2D eigenvalue weighted by Gasteiger charge is -2.44. The molecule has 2 fully saturated rings. The summed E-state index contributed by atoms with van der Waals surface area (Å²) in [5.74, 6) is -2.79. The van der Waals surface area contributed by atoms with Crippen LogP contribution >= 0.6 is 11.8 Å². The van der Waals surface area contributed by atoms with Crippen molar-refractivity contribution in [3.8, 4) is 0 Å². The van der Waals surface area contributed by atoms with Gasteiger partial charge in [0.05, 0.1) is 0 Å². The number of nitrogen functional groups attached to an aromatic ring is 1. The number of hydrogen-bond acceptors (Lipinski definition) is 6. The normalized spacial score (nSPS) is 23.0. The molecule has 11 heteroatoms. The van der Waals surface area contributed by atoms with Gasteiger partial charge in [-0.15, -0.1) is 11.8 Å². The van der Waals surface area contributed by atoms with Gasteiger partial charge in [-0.05, 0) is 31.5 Å². The molecule has 0 radical (unpaired) electrons. The number of fused-ring (bicyclic) bond motifs is 1. The summed E-state index contributed by atoms with van der Waals surface area (Å²) in [5.41, 5.74) is 6.71. The van der Waals surface area contributed by atoms with Gasteiger partial charge in [-0.3, -0.25) is 19.8 Å². The number of nitrogens with two attached hydrogens (primary N) is 1. The molecule has 2 saturated heterocycles. The van der Waals surface area contributed by atoms with Gasteiger partial charge in [0.25, 0.3) is 5.91 Å². The maximum absolute atomic E-state index is 13.3. The Hall–Kier alpha value is -3.86. The molecule has 0 bridgehead atoms. The first-order valence-corrected chi connectivity index (χ1v) is 11.7. The number of thioether (sulfide) groups is 1. The molecule has 2 aromatic rings. The molecule has 2 aliphatic rings. The van der Waals surface area contributed by atoms with E-state index in [1.807, 2.05) is 0 Å². The monoisotopic (exact) mass is 495 g/mol. The second-order valence-electron chi connectivity index (χ2n) is 8.89. The standard InChI is InChI=1S/C24H25N5O5S/c1-24(2)17(23(33)34)29-21(32)16(22(29)35-24)28-20(31)15(12-6-4-3-5-7-12)27-19(30)14-10-8-13(9-11-14)18(25)26/h3-11,15-17,22H,1-2H3,(H3,25,26)(H,27,30)(H,28,31)(H,33,34)/t15?,16-,17+,22-/m1/s1. The fourth-order valence-electron chi connectivity index (χ4n) is 4.34. The Morgan fingerprint density at radius 3 is 2.26 bits per heavy atom. The smallest absolute Gasteiger partial charge is 0.327 e. The molecule has 10 nitrogen and oxygen atoms in total. The van der Waals surface area contributed by atoms with Crippen LogP contribution in [-0.2, 0) is 14.4 Å². The van der Waals surface area contributed by atoms with Crippen molar-refractivity contribution < 1.29 is 24.3 Å².